The molecule has 0 N–H and O–H groups in total. The number of nitrogens with zero attached hydrogens (tertiary/aromatic N) is 6. The van der Waals surface area contributed by atoms with Crippen LogP contribution in [0, 0.1) is 6.42 Å². The summed E-state index contributed by atoms with van der Waals surface area (Å²) in [5.74, 6) is 2.09. The molecule has 2 aromatic heterocycles. The fourth-order valence-electron chi connectivity index (χ4n) is 4.95. The molecule has 43 heavy (non-hydrogen) atoms. The van der Waals surface area contributed by atoms with Crippen molar-refractivity contribution in [3.8, 4) is 0 Å². The number of halogens is 2. The molecule has 1 unspecified atom stereocenters. The normalized spacial score (nSPS) is 14.9. The second kappa shape index (κ2) is 20.6. The van der Waals surface area contributed by atoms with Gasteiger partial charge in [-0.05, 0) is 65.6 Å². The van der Waals surface area contributed by atoms with Crippen molar-refractivity contribution in [2.45, 2.75) is 58.3 Å². The molecule has 2 aliphatic rings. The zero-order valence-electron chi connectivity index (χ0n) is 25.5. The van der Waals surface area contributed by atoms with Crippen molar-refractivity contribution in [2.24, 2.45) is 0 Å². The van der Waals surface area contributed by atoms with Gasteiger partial charge in [-0.1, -0.05) is 50.2 Å². The van der Waals surface area contributed by atoms with E-state index < -0.39 is 0 Å². The SMILES string of the molecule is Brc1cnc(N2CCCCC2)nc1.CC(c1ccccc1)c1cnc(N2CCCCC2)nc1.C[CH-]c1ccccc1.[Zn+][Br]. The minimum absolute atomic E-state index is 0.339. The van der Waals surface area contributed by atoms with Crippen molar-refractivity contribution in [3.63, 3.8) is 0 Å². The summed E-state index contributed by atoms with van der Waals surface area (Å²) in [6.07, 6.45) is 17.4. The molecule has 6 nitrogen and oxygen atoms in total. The number of rotatable bonds is 5. The summed E-state index contributed by atoms with van der Waals surface area (Å²) in [5.41, 5.74) is 3.77. The Morgan fingerprint density at radius 2 is 1.05 bits per heavy atom. The van der Waals surface area contributed by atoms with Crippen molar-refractivity contribution in [2.75, 3.05) is 36.0 Å². The molecular formula is C34H42Br2N6Zn. The standard InChI is InChI=1S/C17H21N3.C9H12BrN3.C8H9.BrH.Zn/c1-14(15-8-4-2-5-9-15)16-12-18-17(19-13-16)20-10-6-3-7-11-20;10-8-6-11-9(12-7-8)13-4-2-1-3-5-13;1-2-8-6-4-3-5-7-8;;/h2,4-5,8-9,12-14H,3,6-7,10-11H2,1H3;6-7H,1-5H2;2-7H,1H3;1H;/q;;-1;;+2/p-1. The Kier molecular flexibility index (Phi) is 16.8. The number of benzene rings is 2. The first-order valence-corrected chi connectivity index (χ1v) is 22.8. The number of anilines is 2. The predicted molar refractivity (Wildman–Crippen MR) is 182 cm³/mol. The summed E-state index contributed by atoms with van der Waals surface area (Å²) in [6, 6.07) is 20.8. The third-order valence-electron chi connectivity index (χ3n) is 7.48. The maximum absolute atomic E-state index is 4.56. The number of aromatic nitrogens is 4. The minimum atomic E-state index is 0.339. The van der Waals surface area contributed by atoms with Gasteiger partial charge in [-0.25, -0.2) is 19.9 Å². The summed E-state index contributed by atoms with van der Waals surface area (Å²) in [6.45, 7) is 8.62. The monoisotopic (exact) mass is 756 g/mol. The molecule has 224 valence electrons. The summed E-state index contributed by atoms with van der Waals surface area (Å²) < 4.78 is 0.938. The van der Waals surface area contributed by atoms with Gasteiger partial charge in [0.05, 0.1) is 4.47 Å². The molecular weight excluding hydrogens is 718 g/mol. The third-order valence-corrected chi connectivity index (χ3v) is 7.88. The van der Waals surface area contributed by atoms with Gasteiger partial charge in [0.25, 0.3) is 0 Å². The molecule has 0 amide bonds. The Morgan fingerprint density at radius 1 is 0.628 bits per heavy atom. The van der Waals surface area contributed by atoms with E-state index in [1.807, 2.05) is 43.6 Å². The molecule has 1 atom stereocenters. The molecule has 2 aliphatic heterocycles. The first-order chi connectivity index (χ1) is 21.1. The summed E-state index contributed by atoms with van der Waals surface area (Å²) in [5, 5.41) is 0. The van der Waals surface area contributed by atoms with Crippen molar-refractivity contribution < 1.29 is 16.3 Å². The summed E-state index contributed by atoms with van der Waals surface area (Å²) >= 11 is 7.58. The van der Waals surface area contributed by atoms with Gasteiger partial charge in [-0.3, -0.25) is 0 Å². The van der Waals surface area contributed by atoms with Crippen molar-refractivity contribution in [3.05, 3.63) is 113 Å². The Balaban J connectivity index is 0.000000189. The molecule has 4 heterocycles. The van der Waals surface area contributed by atoms with Gasteiger partial charge in [0, 0.05) is 56.9 Å². The van der Waals surface area contributed by atoms with Crippen molar-refractivity contribution >= 4 is 41.4 Å². The second-order valence-corrected chi connectivity index (χ2v) is 11.4. The van der Waals surface area contributed by atoms with E-state index in [1.165, 1.54) is 71.6 Å². The van der Waals surface area contributed by atoms with Gasteiger partial charge >= 0.3 is 30.0 Å². The van der Waals surface area contributed by atoms with Crippen LogP contribution in [0.25, 0.3) is 0 Å². The van der Waals surface area contributed by atoms with Gasteiger partial charge in [0.1, 0.15) is 0 Å². The fourth-order valence-corrected chi connectivity index (χ4v) is 5.16. The van der Waals surface area contributed by atoms with Crippen LogP contribution in [0.15, 0.2) is 89.9 Å². The summed E-state index contributed by atoms with van der Waals surface area (Å²) in [4.78, 5) is 22.2. The van der Waals surface area contributed by atoms with Crippen LogP contribution < -0.4 is 9.80 Å². The Bertz CT molecular complexity index is 1250. The molecule has 0 aliphatic carbocycles. The Morgan fingerprint density at radius 3 is 1.47 bits per heavy atom. The average molecular weight is 760 g/mol. The van der Waals surface area contributed by atoms with E-state index in [2.05, 4.69) is 109 Å². The molecule has 0 radical (unpaired) electrons. The maximum atomic E-state index is 4.56. The van der Waals surface area contributed by atoms with Crippen molar-refractivity contribution in [1.82, 2.24) is 19.9 Å². The van der Waals surface area contributed by atoms with Gasteiger partial charge in [0.15, 0.2) is 0 Å². The molecule has 0 saturated carbocycles. The van der Waals surface area contributed by atoms with E-state index in [4.69, 9.17) is 0 Å². The van der Waals surface area contributed by atoms with Crippen LogP contribution in [0.1, 0.15) is 75.0 Å². The van der Waals surface area contributed by atoms with E-state index in [0.29, 0.717) is 5.92 Å². The molecule has 0 bridgehead atoms. The average Bonchev–Trinajstić information content (AvgIpc) is 3.11. The quantitative estimate of drug-likeness (QED) is 0.150. The molecule has 2 saturated heterocycles. The van der Waals surface area contributed by atoms with E-state index in [1.54, 1.807) is 12.4 Å². The van der Waals surface area contributed by atoms with Crippen molar-refractivity contribution in [1.29, 1.82) is 0 Å². The predicted octanol–water partition coefficient (Wildman–Crippen LogP) is 8.95. The zero-order chi connectivity index (χ0) is 30.7. The van der Waals surface area contributed by atoms with Gasteiger partial charge in [-0.15, -0.1) is 12.1 Å². The molecule has 2 fully saturated rings. The first kappa shape index (κ1) is 35.1. The second-order valence-electron chi connectivity index (χ2n) is 10.4. The van der Waals surface area contributed by atoms with Gasteiger partial charge in [-0.2, -0.15) is 24.1 Å². The fraction of sp³-hybridized carbons (Fsp3) is 0.382. The third kappa shape index (κ3) is 12.3. The van der Waals surface area contributed by atoms with Crippen LogP contribution >= 0.6 is 29.6 Å². The molecule has 9 heteroatoms. The van der Waals surface area contributed by atoms with E-state index in [-0.39, 0.29) is 0 Å². The van der Waals surface area contributed by atoms with Crippen LogP contribution in [-0.2, 0) is 16.3 Å². The molecule has 2 aromatic carbocycles. The zero-order valence-corrected chi connectivity index (χ0v) is 31.6. The van der Waals surface area contributed by atoms with Crippen LogP contribution in [-0.4, -0.2) is 46.1 Å². The van der Waals surface area contributed by atoms with Crippen LogP contribution in [0.5, 0.6) is 0 Å². The van der Waals surface area contributed by atoms with E-state index in [9.17, 15) is 0 Å². The van der Waals surface area contributed by atoms with Gasteiger partial charge in [0.2, 0.25) is 11.9 Å². The Hall–Kier alpha value is -2.35. The van der Waals surface area contributed by atoms with E-state index >= 15 is 0 Å². The molecule has 6 rings (SSSR count). The van der Waals surface area contributed by atoms with Crippen LogP contribution in [0.2, 0.25) is 0 Å². The molecule has 0 spiro atoms. The van der Waals surface area contributed by atoms with Crippen LogP contribution in [0.4, 0.5) is 11.9 Å². The van der Waals surface area contributed by atoms with E-state index in [0.717, 1.165) is 42.5 Å². The van der Waals surface area contributed by atoms with Crippen LogP contribution in [0.3, 0.4) is 0 Å². The Labute approximate surface area is 283 Å². The summed E-state index contributed by atoms with van der Waals surface area (Å²) in [7, 11) is 0. The number of hydrogen-bond donors (Lipinski definition) is 0. The van der Waals surface area contributed by atoms with Gasteiger partial charge < -0.3 is 9.80 Å². The number of piperidine rings is 2. The molecule has 4 aromatic rings. The number of hydrogen-bond acceptors (Lipinski definition) is 6. The topological polar surface area (TPSA) is 58.0 Å². The first-order valence-electron chi connectivity index (χ1n) is 15.1.